The Hall–Kier alpha value is -1.70. The number of thioether (sulfide) groups is 1. The Morgan fingerprint density at radius 3 is 2.67 bits per heavy atom. The van der Waals surface area contributed by atoms with Crippen LogP contribution in [-0.4, -0.2) is 16.2 Å². The van der Waals surface area contributed by atoms with Gasteiger partial charge in [-0.3, -0.25) is 0 Å². The van der Waals surface area contributed by atoms with Gasteiger partial charge >= 0.3 is 0 Å². The van der Waals surface area contributed by atoms with Gasteiger partial charge in [0, 0.05) is 13.0 Å². The summed E-state index contributed by atoms with van der Waals surface area (Å²) in [6, 6.07) is 10.1. The predicted molar refractivity (Wildman–Crippen MR) is 89.8 cm³/mol. The summed E-state index contributed by atoms with van der Waals surface area (Å²) in [6.45, 7) is 2.66. The topological polar surface area (TPSA) is 37.8 Å². The van der Waals surface area contributed by atoms with E-state index in [9.17, 15) is 0 Å². The minimum atomic E-state index is 0.394. The van der Waals surface area contributed by atoms with Gasteiger partial charge in [-0.1, -0.05) is 72.5 Å². The maximum Gasteiger partial charge on any atom is 0.190 e. The molecule has 0 radical (unpaired) electrons. The van der Waals surface area contributed by atoms with E-state index in [1.165, 1.54) is 17.3 Å². The fourth-order valence-electron chi connectivity index (χ4n) is 1.70. The highest BCUT2D eigenvalue weighted by Crippen LogP contribution is 2.24. The SMILES string of the molecule is CCC#Cc1c(Cl)nc(SC)nc1NCc1ccccc1. The molecule has 0 aliphatic carbocycles. The highest BCUT2D eigenvalue weighted by molar-refractivity contribution is 7.98. The Labute approximate surface area is 134 Å². The smallest absolute Gasteiger partial charge is 0.190 e. The second-order valence-electron chi connectivity index (χ2n) is 4.22. The fraction of sp³-hybridized carbons (Fsp3) is 0.250. The Kier molecular flexibility index (Phi) is 5.91. The third kappa shape index (κ3) is 4.38. The fourth-order valence-corrected chi connectivity index (χ4v) is 2.33. The lowest BCUT2D eigenvalue weighted by molar-refractivity contribution is 0.951. The highest BCUT2D eigenvalue weighted by atomic mass is 35.5. The summed E-state index contributed by atoms with van der Waals surface area (Å²) in [5.41, 5.74) is 1.83. The van der Waals surface area contributed by atoms with Crippen molar-refractivity contribution < 1.29 is 0 Å². The van der Waals surface area contributed by atoms with E-state index in [0.717, 1.165) is 6.42 Å². The first kappa shape index (κ1) is 15.7. The molecule has 1 heterocycles. The van der Waals surface area contributed by atoms with Gasteiger partial charge in [-0.25, -0.2) is 9.97 Å². The molecule has 2 aromatic rings. The molecule has 0 saturated heterocycles. The van der Waals surface area contributed by atoms with Crippen molar-refractivity contribution in [3.05, 3.63) is 46.6 Å². The number of nitrogens with zero attached hydrogens (tertiary/aromatic N) is 2. The van der Waals surface area contributed by atoms with Gasteiger partial charge in [0.1, 0.15) is 11.4 Å². The summed E-state index contributed by atoms with van der Waals surface area (Å²) in [5.74, 6) is 6.74. The van der Waals surface area contributed by atoms with Crippen LogP contribution < -0.4 is 5.32 Å². The van der Waals surface area contributed by atoms with Crippen LogP contribution in [0.25, 0.3) is 0 Å². The van der Waals surface area contributed by atoms with E-state index in [0.29, 0.717) is 28.2 Å². The van der Waals surface area contributed by atoms with Gasteiger partial charge in [-0.15, -0.1) is 0 Å². The van der Waals surface area contributed by atoms with Crippen LogP contribution in [0.2, 0.25) is 5.15 Å². The molecular formula is C16H16ClN3S. The molecule has 0 atom stereocenters. The summed E-state index contributed by atoms with van der Waals surface area (Å²) in [4.78, 5) is 8.71. The standard InChI is InChI=1S/C16H16ClN3S/c1-3-4-10-13-14(17)19-16(21-2)20-15(13)18-11-12-8-6-5-7-9-12/h5-9H,3,11H2,1-2H3,(H,18,19,20). The molecule has 5 heteroatoms. The molecule has 2 rings (SSSR count). The number of aromatic nitrogens is 2. The van der Waals surface area contributed by atoms with E-state index < -0.39 is 0 Å². The van der Waals surface area contributed by atoms with Crippen LogP contribution in [0, 0.1) is 11.8 Å². The Bertz CT molecular complexity index is 662. The predicted octanol–water partition coefficient (Wildman–Crippen LogP) is 4.23. The lowest BCUT2D eigenvalue weighted by Gasteiger charge is -2.10. The number of benzene rings is 1. The lowest BCUT2D eigenvalue weighted by Crippen LogP contribution is -2.06. The zero-order valence-corrected chi connectivity index (χ0v) is 13.6. The van der Waals surface area contributed by atoms with Crippen LogP contribution in [0.5, 0.6) is 0 Å². The first-order chi connectivity index (χ1) is 10.2. The average Bonchev–Trinajstić information content (AvgIpc) is 2.52. The highest BCUT2D eigenvalue weighted by Gasteiger charge is 2.11. The molecule has 1 aromatic carbocycles. The number of hydrogen-bond donors (Lipinski definition) is 1. The Morgan fingerprint density at radius 1 is 1.24 bits per heavy atom. The van der Waals surface area contributed by atoms with Crippen LogP contribution in [0.1, 0.15) is 24.5 Å². The summed E-state index contributed by atoms with van der Waals surface area (Å²) in [6.07, 6.45) is 2.68. The minimum absolute atomic E-state index is 0.394. The molecule has 0 bridgehead atoms. The first-order valence-corrected chi connectivity index (χ1v) is 8.23. The molecule has 108 valence electrons. The van der Waals surface area contributed by atoms with Gasteiger partial charge in [-0.2, -0.15) is 0 Å². The molecule has 1 aromatic heterocycles. The third-order valence-electron chi connectivity index (χ3n) is 2.72. The molecule has 21 heavy (non-hydrogen) atoms. The third-order valence-corrected chi connectivity index (χ3v) is 3.54. The number of hydrogen-bond acceptors (Lipinski definition) is 4. The van der Waals surface area contributed by atoms with E-state index in [1.54, 1.807) is 0 Å². The molecule has 3 nitrogen and oxygen atoms in total. The van der Waals surface area contributed by atoms with Crippen molar-refractivity contribution in [3.8, 4) is 11.8 Å². The van der Waals surface area contributed by atoms with Crippen molar-refractivity contribution in [2.24, 2.45) is 0 Å². The van der Waals surface area contributed by atoms with E-state index in [-0.39, 0.29) is 0 Å². The monoisotopic (exact) mass is 317 g/mol. The second kappa shape index (κ2) is 7.92. The Morgan fingerprint density at radius 2 is 2.00 bits per heavy atom. The molecule has 1 N–H and O–H groups in total. The first-order valence-electron chi connectivity index (χ1n) is 6.62. The van der Waals surface area contributed by atoms with Gasteiger partial charge in [-0.05, 0) is 11.8 Å². The molecule has 0 unspecified atom stereocenters. The van der Waals surface area contributed by atoms with Gasteiger partial charge in [0.25, 0.3) is 0 Å². The summed E-state index contributed by atoms with van der Waals surface area (Å²) >= 11 is 7.68. The Balaban J connectivity index is 2.29. The minimum Gasteiger partial charge on any atom is -0.365 e. The zero-order valence-electron chi connectivity index (χ0n) is 12.0. The van der Waals surface area contributed by atoms with Gasteiger partial charge in [0.15, 0.2) is 10.3 Å². The average molecular weight is 318 g/mol. The van der Waals surface area contributed by atoms with Gasteiger partial charge in [0.2, 0.25) is 0 Å². The maximum atomic E-state index is 6.22. The van der Waals surface area contributed by atoms with Crippen molar-refractivity contribution in [1.29, 1.82) is 0 Å². The molecule has 0 aliphatic rings. The number of anilines is 1. The lowest BCUT2D eigenvalue weighted by atomic mass is 10.2. The molecule has 0 spiro atoms. The molecule has 0 saturated carbocycles. The van der Waals surface area contributed by atoms with Crippen LogP contribution in [0.4, 0.5) is 5.82 Å². The van der Waals surface area contributed by atoms with Crippen molar-refractivity contribution in [3.63, 3.8) is 0 Å². The van der Waals surface area contributed by atoms with Gasteiger partial charge in [0.05, 0.1) is 0 Å². The molecular weight excluding hydrogens is 302 g/mol. The van der Waals surface area contributed by atoms with E-state index in [1.807, 2.05) is 31.4 Å². The zero-order chi connectivity index (χ0) is 15.1. The van der Waals surface area contributed by atoms with Crippen molar-refractivity contribution >= 4 is 29.2 Å². The summed E-state index contributed by atoms with van der Waals surface area (Å²) < 4.78 is 0. The van der Waals surface area contributed by atoms with Crippen LogP contribution in [-0.2, 0) is 6.54 Å². The molecule has 0 aliphatic heterocycles. The normalized spacial score (nSPS) is 9.86. The number of nitrogens with one attached hydrogen (secondary N) is 1. The number of halogens is 1. The van der Waals surface area contributed by atoms with E-state index in [2.05, 4.69) is 39.3 Å². The molecule has 0 amide bonds. The maximum absolute atomic E-state index is 6.22. The van der Waals surface area contributed by atoms with E-state index >= 15 is 0 Å². The van der Waals surface area contributed by atoms with Crippen molar-refractivity contribution in [2.45, 2.75) is 25.0 Å². The van der Waals surface area contributed by atoms with Gasteiger partial charge < -0.3 is 5.32 Å². The van der Waals surface area contributed by atoms with E-state index in [4.69, 9.17) is 11.6 Å². The largest absolute Gasteiger partial charge is 0.365 e. The van der Waals surface area contributed by atoms with Crippen LogP contribution in [0.15, 0.2) is 35.5 Å². The molecule has 0 fully saturated rings. The summed E-state index contributed by atoms with van der Waals surface area (Å²) in [5, 5.41) is 4.33. The summed E-state index contributed by atoms with van der Waals surface area (Å²) in [7, 11) is 0. The quantitative estimate of drug-likeness (QED) is 0.396. The van der Waals surface area contributed by atoms with Crippen LogP contribution in [0.3, 0.4) is 0 Å². The van der Waals surface area contributed by atoms with Crippen LogP contribution >= 0.6 is 23.4 Å². The van der Waals surface area contributed by atoms with Crippen molar-refractivity contribution in [2.75, 3.05) is 11.6 Å². The number of rotatable bonds is 4. The second-order valence-corrected chi connectivity index (χ2v) is 5.35. The van der Waals surface area contributed by atoms with Crippen molar-refractivity contribution in [1.82, 2.24) is 9.97 Å².